The Balaban J connectivity index is 1.34. The summed E-state index contributed by atoms with van der Waals surface area (Å²) in [7, 11) is 0. The van der Waals surface area contributed by atoms with Crippen LogP contribution in [-0.2, 0) is 16.6 Å². The first-order valence-electron chi connectivity index (χ1n) is 11.9. The molecule has 2 nitrogen and oxygen atoms in total. The van der Waals surface area contributed by atoms with Crippen LogP contribution in [0.5, 0.6) is 0 Å². The lowest BCUT2D eigenvalue weighted by atomic mass is 9.66. The van der Waals surface area contributed by atoms with Crippen LogP contribution in [0.3, 0.4) is 0 Å². The van der Waals surface area contributed by atoms with Crippen molar-refractivity contribution in [3.05, 3.63) is 65.5 Å². The minimum atomic E-state index is 0.132. The van der Waals surface area contributed by atoms with Crippen LogP contribution in [0.4, 0.5) is 0 Å². The van der Waals surface area contributed by atoms with Crippen LogP contribution in [0.25, 0.3) is 0 Å². The van der Waals surface area contributed by atoms with Crippen LogP contribution in [0.15, 0.2) is 48.7 Å². The van der Waals surface area contributed by atoms with E-state index in [4.69, 9.17) is 9.72 Å². The largest absolute Gasteiger partial charge is 0.375 e. The molecule has 1 aromatic carbocycles. The van der Waals surface area contributed by atoms with Gasteiger partial charge >= 0.3 is 0 Å². The number of ether oxygens (including phenoxy) is 1. The molecule has 2 heteroatoms. The van der Waals surface area contributed by atoms with E-state index in [0.717, 1.165) is 18.9 Å². The maximum atomic E-state index is 6.42. The Hall–Kier alpha value is -1.67. The summed E-state index contributed by atoms with van der Waals surface area (Å²) in [5.74, 6) is 0.751. The van der Waals surface area contributed by atoms with Crippen molar-refractivity contribution in [2.75, 3.05) is 6.61 Å². The molecule has 5 rings (SSSR count). The highest BCUT2D eigenvalue weighted by atomic mass is 16.5. The van der Waals surface area contributed by atoms with Crippen molar-refractivity contribution in [2.24, 2.45) is 0 Å². The van der Waals surface area contributed by atoms with Crippen molar-refractivity contribution < 1.29 is 4.74 Å². The van der Waals surface area contributed by atoms with Crippen LogP contribution in [0.1, 0.15) is 93.4 Å². The number of hydrogen-bond donors (Lipinski definition) is 0. The third-order valence-corrected chi connectivity index (χ3v) is 8.07. The van der Waals surface area contributed by atoms with Gasteiger partial charge in [-0.05, 0) is 87.0 Å². The van der Waals surface area contributed by atoms with Crippen LogP contribution >= 0.6 is 0 Å². The Kier molecular flexibility index (Phi) is 5.47. The quantitative estimate of drug-likeness (QED) is 0.565. The summed E-state index contributed by atoms with van der Waals surface area (Å²) in [6.07, 6.45) is 17.3. The van der Waals surface area contributed by atoms with Crippen LogP contribution in [0.2, 0.25) is 0 Å². The van der Waals surface area contributed by atoms with E-state index in [9.17, 15) is 0 Å². The molecule has 3 aliphatic rings. The second-order valence-corrected chi connectivity index (χ2v) is 9.84. The van der Waals surface area contributed by atoms with E-state index in [-0.39, 0.29) is 11.0 Å². The summed E-state index contributed by atoms with van der Waals surface area (Å²) < 4.78 is 6.42. The van der Waals surface area contributed by atoms with Gasteiger partial charge in [0.05, 0.1) is 5.60 Å². The minimum Gasteiger partial charge on any atom is -0.375 e. The lowest BCUT2D eigenvalue weighted by molar-refractivity contribution is -0.105. The highest BCUT2D eigenvalue weighted by molar-refractivity contribution is 5.32. The molecule has 2 atom stereocenters. The molecule has 0 N–H and O–H groups in total. The minimum absolute atomic E-state index is 0.132. The summed E-state index contributed by atoms with van der Waals surface area (Å²) in [6, 6.07) is 15.7. The third-order valence-electron chi connectivity index (χ3n) is 8.07. The van der Waals surface area contributed by atoms with Gasteiger partial charge in [0.25, 0.3) is 0 Å². The summed E-state index contributed by atoms with van der Waals surface area (Å²) >= 11 is 0. The molecule has 0 radical (unpaired) electrons. The zero-order valence-corrected chi connectivity index (χ0v) is 17.7. The number of nitrogens with zero attached hydrogens (tertiary/aromatic N) is 1. The fourth-order valence-electron chi connectivity index (χ4n) is 6.64. The summed E-state index contributed by atoms with van der Waals surface area (Å²) in [5, 5.41) is 0. The lowest BCUT2D eigenvalue weighted by Gasteiger charge is -2.46. The molecule has 1 aromatic heterocycles. The van der Waals surface area contributed by atoms with Gasteiger partial charge in [-0.3, -0.25) is 4.98 Å². The summed E-state index contributed by atoms with van der Waals surface area (Å²) in [6.45, 7) is 0.906. The van der Waals surface area contributed by atoms with E-state index in [1.165, 1.54) is 76.3 Å². The zero-order chi connectivity index (χ0) is 19.6. The van der Waals surface area contributed by atoms with Gasteiger partial charge in [0.2, 0.25) is 0 Å². The van der Waals surface area contributed by atoms with Gasteiger partial charge in [-0.25, -0.2) is 0 Å². The molecule has 0 bridgehead atoms. The van der Waals surface area contributed by atoms with Gasteiger partial charge in [-0.1, -0.05) is 49.6 Å². The Morgan fingerprint density at radius 2 is 1.83 bits per heavy atom. The van der Waals surface area contributed by atoms with Crippen molar-refractivity contribution in [3.8, 4) is 0 Å². The first-order chi connectivity index (χ1) is 14.3. The van der Waals surface area contributed by atoms with E-state index >= 15 is 0 Å². The second-order valence-electron chi connectivity index (χ2n) is 9.84. The summed E-state index contributed by atoms with van der Waals surface area (Å²) in [4.78, 5) is 4.87. The van der Waals surface area contributed by atoms with Crippen LogP contribution in [-0.4, -0.2) is 17.2 Å². The van der Waals surface area contributed by atoms with Gasteiger partial charge < -0.3 is 4.74 Å². The number of fused-ring (bicyclic) bond motifs is 1. The molecule has 29 heavy (non-hydrogen) atoms. The number of benzene rings is 1. The Bertz CT molecular complexity index is 810. The molecule has 1 spiro atoms. The number of pyridine rings is 1. The summed E-state index contributed by atoms with van der Waals surface area (Å²) in [5.41, 5.74) is 4.88. The standard InChI is InChI=1S/C27H35NO/c1-2-13-24-22(9-1)10-7-11-23(24)12-8-15-26(25-14-3-6-19-28-25)18-20-29-27(21-26)16-4-5-17-27/h1-3,6,9,13-14,19,23H,4-5,7-8,10-12,15-18,20-21H2/t23-,26-/m1/s1. The van der Waals surface area contributed by atoms with Gasteiger partial charge in [0.1, 0.15) is 0 Å². The smallest absolute Gasteiger partial charge is 0.0691 e. The highest BCUT2D eigenvalue weighted by Crippen LogP contribution is 2.50. The maximum absolute atomic E-state index is 6.42. The van der Waals surface area contributed by atoms with E-state index in [1.54, 1.807) is 11.1 Å². The Morgan fingerprint density at radius 1 is 0.966 bits per heavy atom. The molecule has 1 saturated carbocycles. The molecule has 2 heterocycles. The Labute approximate surface area is 176 Å². The van der Waals surface area contributed by atoms with Gasteiger partial charge in [-0.2, -0.15) is 0 Å². The first kappa shape index (κ1) is 19.3. The molecule has 2 aliphatic carbocycles. The van der Waals surface area contributed by atoms with Crippen molar-refractivity contribution >= 4 is 0 Å². The second kappa shape index (κ2) is 8.22. The number of hydrogen-bond acceptors (Lipinski definition) is 2. The molecule has 1 saturated heterocycles. The average Bonchev–Trinajstić information content (AvgIpc) is 3.22. The van der Waals surface area contributed by atoms with Crippen LogP contribution in [0, 0.1) is 0 Å². The molecular weight excluding hydrogens is 354 g/mol. The van der Waals surface area contributed by atoms with Crippen molar-refractivity contribution in [3.63, 3.8) is 0 Å². The van der Waals surface area contributed by atoms with E-state index < -0.39 is 0 Å². The maximum Gasteiger partial charge on any atom is 0.0691 e. The molecule has 2 aromatic rings. The zero-order valence-electron chi connectivity index (χ0n) is 17.7. The first-order valence-corrected chi connectivity index (χ1v) is 11.9. The van der Waals surface area contributed by atoms with E-state index in [1.807, 2.05) is 6.20 Å². The molecule has 0 unspecified atom stereocenters. The number of aryl methyl sites for hydroxylation is 1. The fourth-order valence-corrected chi connectivity index (χ4v) is 6.64. The molecular formula is C27H35NO. The van der Waals surface area contributed by atoms with Gasteiger partial charge in [0, 0.05) is 23.9 Å². The van der Waals surface area contributed by atoms with Gasteiger partial charge in [-0.15, -0.1) is 0 Å². The number of aromatic nitrogens is 1. The van der Waals surface area contributed by atoms with Crippen molar-refractivity contribution in [1.82, 2.24) is 4.98 Å². The van der Waals surface area contributed by atoms with Crippen molar-refractivity contribution in [2.45, 2.75) is 94.0 Å². The predicted molar refractivity (Wildman–Crippen MR) is 118 cm³/mol. The average molecular weight is 390 g/mol. The van der Waals surface area contributed by atoms with Crippen molar-refractivity contribution in [1.29, 1.82) is 0 Å². The molecule has 0 amide bonds. The monoisotopic (exact) mass is 389 g/mol. The fraction of sp³-hybridized carbons (Fsp3) is 0.593. The predicted octanol–water partition coefficient (Wildman–Crippen LogP) is 6.73. The number of rotatable bonds is 5. The third kappa shape index (κ3) is 3.89. The SMILES string of the molecule is c1ccc([C@]2(CCC[C@H]3CCCc4ccccc43)CCOC3(CCCC3)C2)nc1. The van der Waals surface area contributed by atoms with Crippen LogP contribution < -0.4 is 0 Å². The van der Waals surface area contributed by atoms with E-state index in [0.29, 0.717) is 0 Å². The van der Waals surface area contributed by atoms with E-state index in [2.05, 4.69) is 42.5 Å². The Morgan fingerprint density at radius 3 is 2.69 bits per heavy atom. The normalized spacial score (nSPS) is 28.3. The highest BCUT2D eigenvalue weighted by Gasteiger charge is 2.48. The molecule has 2 fully saturated rings. The molecule has 1 aliphatic heterocycles. The molecule has 154 valence electrons. The topological polar surface area (TPSA) is 22.1 Å². The van der Waals surface area contributed by atoms with Gasteiger partial charge in [0.15, 0.2) is 0 Å². The lowest BCUT2D eigenvalue weighted by Crippen LogP contribution is -2.46.